The first-order valence-corrected chi connectivity index (χ1v) is 10.9. The molecule has 1 aliphatic heterocycles. The molecule has 1 aliphatic rings. The number of piperidine rings is 1. The molecule has 0 N–H and O–H groups in total. The number of nitrogens with zero attached hydrogens (tertiary/aromatic N) is 4. The van der Waals surface area contributed by atoms with Crippen LogP contribution in [0.4, 0.5) is 0 Å². The van der Waals surface area contributed by atoms with E-state index in [9.17, 15) is 9.59 Å². The Kier molecular flexibility index (Phi) is 5.67. The van der Waals surface area contributed by atoms with E-state index in [1.165, 1.54) is 16.3 Å². The van der Waals surface area contributed by atoms with Crippen molar-refractivity contribution in [3.63, 3.8) is 0 Å². The minimum absolute atomic E-state index is 0.0905. The highest BCUT2D eigenvalue weighted by Crippen LogP contribution is 2.22. The molecule has 1 amide bonds. The molecule has 1 fully saturated rings. The summed E-state index contributed by atoms with van der Waals surface area (Å²) in [6, 6.07) is 11.0. The largest absolute Gasteiger partial charge is 0.342 e. The fourth-order valence-electron chi connectivity index (χ4n) is 3.48. The van der Waals surface area contributed by atoms with Crippen molar-refractivity contribution in [1.29, 1.82) is 0 Å². The van der Waals surface area contributed by atoms with Crippen LogP contribution in [0.1, 0.15) is 25.3 Å². The minimum Gasteiger partial charge on any atom is -0.342 e. The average Bonchev–Trinajstić information content (AvgIpc) is 2.73. The number of fused-ring (bicyclic) bond motifs is 1. The smallest absolute Gasteiger partial charge is 0.267 e. The third-order valence-electron chi connectivity index (χ3n) is 5.33. The molecule has 2 aromatic heterocycles. The Morgan fingerprint density at radius 2 is 1.93 bits per heavy atom. The Hall–Kier alpha value is -2.67. The number of rotatable bonds is 4. The maximum absolute atomic E-state index is 13.2. The number of hydrogen-bond acceptors (Lipinski definition) is 5. The number of amides is 1. The normalized spacial score (nSPS) is 15.0. The number of aromatic nitrogens is 3. The predicted octanol–water partition coefficient (Wildman–Crippen LogP) is 3.44. The molecule has 4 rings (SSSR count). The van der Waals surface area contributed by atoms with Crippen LogP contribution in [0.25, 0.3) is 16.7 Å². The van der Waals surface area contributed by atoms with Crippen LogP contribution < -0.4 is 5.56 Å². The number of para-hydroxylation sites is 1. The number of aryl methyl sites for hydroxylation is 1. The van der Waals surface area contributed by atoms with Gasteiger partial charge in [0.1, 0.15) is 5.82 Å². The molecule has 0 unspecified atom stereocenters. The van der Waals surface area contributed by atoms with Crippen LogP contribution in [0, 0.1) is 12.8 Å². The number of carbonyl (C=O) groups excluding carboxylic acids is 1. The molecule has 0 saturated carbocycles. The lowest BCUT2D eigenvalue weighted by molar-refractivity contribution is -0.129. The van der Waals surface area contributed by atoms with Crippen molar-refractivity contribution in [2.75, 3.05) is 18.8 Å². The Labute approximate surface area is 174 Å². The highest BCUT2D eigenvalue weighted by atomic mass is 32.2. The maximum atomic E-state index is 13.2. The van der Waals surface area contributed by atoms with Gasteiger partial charge in [0, 0.05) is 19.3 Å². The van der Waals surface area contributed by atoms with Gasteiger partial charge in [-0.2, -0.15) is 0 Å². The molecular formula is C22H24N4O2S. The van der Waals surface area contributed by atoms with Crippen LogP contribution in [0.3, 0.4) is 0 Å². The number of benzene rings is 1. The van der Waals surface area contributed by atoms with Gasteiger partial charge in [-0.05, 0) is 49.4 Å². The monoisotopic (exact) mass is 408 g/mol. The summed E-state index contributed by atoms with van der Waals surface area (Å²) in [5, 5.41) is 1.03. The lowest BCUT2D eigenvalue weighted by atomic mass is 9.99. The van der Waals surface area contributed by atoms with Gasteiger partial charge in [0.05, 0.1) is 16.7 Å². The fraction of sp³-hybridized carbons (Fsp3) is 0.364. The van der Waals surface area contributed by atoms with E-state index in [1.807, 2.05) is 42.2 Å². The summed E-state index contributed by atoms with van der Waals surface area (Å²) < 4.78 is 1.51. The van der Waals surface area contributed by atoms with Gasteiger partial charge >= 0.3 is 0 Å². The number of pyridine rings is 1. The van der Waals surface area contributed by atoms with Gasteiger partial charge < -0.3 is 4.90 Å². The third-order valence-corrected chi connectivity index (χ3v) is 6.25. The molecule has 0 atom stereocenters. The van der Waals surface area contributed by atoms with Crippen LogP contribution in [0.2, 0.25) is 0 Å². The Bertz CT molecular complexity index is 1090. The van der Waals surface area contributed by atoms with E-state index in [2.05, 4.69) is 16.9 Å². The first-order valence-electron chi connectivity index (χ1n) is 9.88. The van der Waals surface area contributed by atoms with Gasteiger partial charge in [0.15, 0.2) is 5.16 Å². The predicted molar refractivity (Wildman–Crippen MR) is 116 cm³/mol. The lowest BCUT2D eigenvalue weighted by Crippen LogP contribution is -2.39. The second kappa shape index (κ2) is 8.37. The van der Waals surface area contributed by atoms with Gasteiger partial charge in [-0.25, -0.2) is 14.5 Å². The van der Waals surface area contributed by atoms with Crippen molar-refractivity contribution >= 4 is 28.6 Å². The van der Waals surface area contributed by atoms with Crippen LogP contribution >= 0.6 is 11.8 Å². The van der Waals surface area contributed by atoms with E-state index in [-0.39, 0.29) is 17.2 Å². The lowest BCUT2D eigenvalue weighted by Gasteiger charge is -2.30. The molecule has 0 spiro atoms. The standard InChI is InChI=1S/C22H24N4O2S/c1-15-9-11-25(12-10-15)20(27)14-29-22-24-18-6-4-3-5-17(18)21(28)26(22)19-8-7-16(2)13-23-19/h3-8,13,15H,9-12,14H2,1-2H3. The molecule has 3 aromatic rings. The molecule has 150 valence electrons. The van der Waals surface area contributed by atoms with Crippen LogP contribution in [-0.4, -0.2) is 44.2 Å². The topological polar surface area (TPSA) is 68.1 Å². The maximum Gasteiger partial charge on any atom is 0.267 e. The summed E-state index contributed by atoms with van der Waals surface area (Å²) in [5.74, 6) is 1.53. The van der Waals surface area contributed by atoms with E-state index >= 15 is 0 Å². The van der Waals surface area contributed by atoms with Gasteiger partial charge in [-0.3, -0.25) is 9.59 Å². The summed E-state index contributed by atoms with van der Waals surface area (Å²) in [7, 11) is 0. The molecule has 0 aliphatic carbocycles. The molecule has 1 saturated heterocycles. The molecule has 0 radical (unpaired) electrons. The SMILES string of the molecule is Cc1ccc(-n2c(SCC(=O)N3CCC(C)CC3)nc3ccccc3c2=O)nc1. The van der Waals surface area contributed by atoms with Crippen molar-refractivity contribution in [1.82, 2.24) is 19.4 Å². The molecule has 7 heteroatoms. The van der Waals surface area contributed by atoms with E-state index in [0.29, 0.717) is 27.8 Å². The van der Waals surface area contributed by atoms with E-state index in [1.54, 1.807) is 12.3 Å². The first-order chi connectivity index (χ1) is 14.0. The zero-order valence-corrected chi connectivity index (χ0v) is 17.5. The van der Waals surface area contributed by atoms with Crippen molar-refractivity contribution in [3.8, 4) is 5.82 Å². The number of carbonyl (C=O) groups is 1. The van der Waals surface area contributed by atoms with Gasteiger partial charge in [0.2, 0.25) is 5.91 Å². The molecule has 29 heavy (non-hydrogen) atoms. The Morgan fingerprint density at radius 1 is 1.17 bits per heavy atom. The summed E-state index contributed by atoms with van der Waals surface area (Å²) in [6.07, 6.45) is 3.82. The first kappa shape index (κ1) is 19.6. The van der Waals surface area contributed by atoms with Crippen molar-refractivity contribution in [3.05, 3.63) is 58.5 Å². The van der Waals surface area contributed by atoms with Crippen LogP contribution in [0.15, 0.2) is 52.5 Å². The quantitative estimate of drug-likeness (QED) is 0.489. The Morgan fingerprint density at radius 3 is 2.66 bits per heavy atom. The molecule has 6 nitrogen and oxygen atoms in total. The van der Waals surface area contributed by atoms with E-state index < -0.39 is 0 Å². The second-order valence-corrected chi connectivity index (χ2v) is 8.54. The average molecular weight is 409 g/mol. The van der Waals surface area contributed by atoms with Crippen molar-refractivity contribution in [2.24, 2.45) is 5.92 Å². The van der Waals surface area contributed by atoms with Crippen LogP contribution in [-0.2, 0) is 4.79 Å². The van der Waals surface area contributed by atoms with Gasteiger partial charge in [-0.15, -0.1) is 0 Å². The fourth-order valence-corrected chi connectivity index (χ4v) is 4.38. The third kappa shape index (κ3) is 4.19. The zero-order chi connectivity index (χ0) is 20.4. The van der Waals surface area contributed by atoms with Crippen molar-refractivity contribution in [2.45, 2.75) is 31.8 Å². The number of hydrogen-bond donors (Lipinski definition) is 0. The summed E-state index contributed by atoms with van der Waals surface area (Å²) in [4.78, 5) is 36.9. The summed E-state index contributed by atoms with van der Waals surface area (Å²) in [6.45, 7) is 5.78. The zero-order valence-electron chi connectivity index (χ0n) is 16.7. The molecule has 3 heterocycles. The highest BCUT2D eigenvalue weighted by Gasteiger charge is 2.22. The van der Waals surface area contributed by atoms with Gasteiger partial charge in [-0.1, -0.05) is 36.9 Å². The Balaban J connectivity index is 1.67. The molecule has 0 bridgehead atoms. The summed E-state index contributed by atoms with van der Waals surface area (Å²) in [5.41, 5.74) is 1.47. The van der Waals surface area contributed by atoms with E-state index in [0.717, 1.165) is 31.5 Å². The second-order valence-electron chi connectivity index (χ2n) is 7.60. The highest BCUT2D eigenvalue weighted by molar-refractivity contribution is 7.99. The van der Waals surface area contributed by atoms with E-state index in [4.69, 9.17) is 0 Å². The van der Waals surface area contributed by atoms with Crippen molar-refractivity contribution < 1.29 is 4.79 Å². The minimum atomic E-state index is -0.173. The number of likely N-dealkylation sites (tertiary alicyclic amines) is 1. The molecule has 1 aromatic carbocycles. The van der Waals surface area contributed by atoms with Gasteiger partial charge in [0.25, 0.3) is 5.56 Å². The molecular weight excluding hydrogens is 384 g/mol. The van der Waals surface area contributed by atoms with Crippen LogP contribution in [0.5, 0.6) is 0 Å². The number of thioether (sulfide) groups is 1. The summed E-state index contributed by atoms with van der Waals surface area (Å²) >= 11 is 1.30.